The molecule has 3 aliphatic rings. The van der Waals surface area contributed by atoms with Crippen molar-refractivity contribution in [1.82, 2.24) is 0 Å². The molecule has 1 fully saturated rings. The zero-order chi connectivity index (χ0) is 11.2. The van der Waals surface area contributed by atoms with Crippen molar-refractivity contribution in [3.8, 4) is 0 Å². The van der Waals surface area contributed by atoms with E-state index in [2.05, 4.69) is 19.1 Å². The van der Waals surface area contributed by atoms with E-state index in [9.17, 15) is 4.79 Å². The Bertz CT molecular complexity index is 377. The van der Waals surface area contributed by atoms with Crippen LogP contribution in [0.15, 0.2) is 23.8 Å². The number of fused-ring (bicyclic) bond motifs is 3. The molecule has 0 unspecified atom stereocenters. The Kier molecular flexibility index (Phi) is 2.31. The molecule has 0 heterocycles. The van der Waals surface area contributed by atoms with Crippen LogP contribution >= 0.6 is 0 Å². The highest BCUT2D eigenvalue weighted by atomic mass is 16.1. The van der Waals surface area contributed by atoms with E-state index < -0.39 is 0 Å². The number of hydrogen-bond donors (Lipinski definition) is 0. The quantitative estimate of drug-likeness (QED) is 0.565. The molecule has 0 spiro atoms. The van der Waals surface area contributed by atoms with E-state index in [1.54, 1.807) is 0 Å². The predicted molar refractivity (Wildman–Crippen MR) is 65.0 cm³/mol. The molecule has 0 aromatic rings. The van der Waals surface area contributed by atoms with Crippen LogP contribution in [-0.4, -0.2) is 5.78 Å². The molecule has 0 amide bonds. The Balaban J connectivity index is 1.94. The van der Waals surface area contributed by atoms with Crippen molar-refractivity contribution in [2.24, 2.45) is 17.3 Å². The zero-order valence-corrected chi connectivity index (χ0v) is 10.0. The number of rotatable bonds is 0. The molecule has 0 aromatic heterocycles. The summed E-state index contributed by atoms with van der Waals surface area (Å²) in [5.41, 5.74) is 1.98. The van der Waals surface area contributed by atoms with Gasteiger partial charge >= 0.3 is 0 Å². The lowest BCUT2D eigenvalue weighted by atomic mass is 9.55. The molecule has 86 valence electrons. The number of allylic oxidation sites excluding steroid dienone is 4. The third-order valence-electron chi connectivity index (χ3n) is 5.03. The second-order valence-electron chi connectivity index (χ2n) is 6.00. The van der Waals surface area contributed by atoms with Gasteiger partial charge in [-0.2, -0.15) is 0 Å². The highest BCUT2D eigenvalue weighted by Gasteiger charge is 2.44. The van der Waals surface area contributed by atoms with Crippen LogP contribution in [0.2, 0.25) is 0 Å². The van der Waals surface area contributed by atoms with Crippen LogP contribution in [0.4, 0.5) is 0 Å². The molecule has 3 rings (SSSR count). The van der Waals surface area contributed by atoms with Crippen molar-refractivity contribution >= 4 is 5.78 Å². The van der Waals surface area contributed by atoms with Gasteiger partial charge in [-0.3, -0.25) is 4.79 Å². The van der Waals surface area contributed by atoms with Gasteiger partial charge in [0.05, 0.1) is 0 Å². The Morgan fingerprint density at radius 1 is 1.31 bits per heavy atom. The van der Waals surface area contributed by atoms with Crippen LogP contribution in [0.1, 0.15) is 45.4 Å². The van der Waals surface area contributed by atoms with Crippen LogP contribution < -0.4 is 0 Å². The van der Waals surface area contributed by atoms with Gasteiger partial charge in [-0.05, 0) is 55.4 Å². The summed E-state index contributed by atoms with van der Waals surface area (Å²) in [6, 6.07) is 0. The zero-order valence-electron chi connectivity index (χ0n) is 10.0. The van der Waals surface area contributed by atoms with E-state index in [-0.39, 0.29) is 0 Å². The average molecular weight is 216 g/mol. The van der Waals surface area contributed by atoms with E-state index in [1.807, 2.05) is 6.08 Å². The Hall–Kier alpha value is -0.850. The van der Waals surface area contributed by atoms with Crippen LogP contribution in [0.25, 0.3) is 0 Å². The van der Waals surface area contributed by atoms with Gasteiger partial charge in [-0.15, -0.1) is 0 Å². The summed E-state index contributed by atoms with van der Waals surface area (Å²) in [5.74, 6) is 1.87. The van der Waals surface area contributed by atoms with Gasteiger partial charge in [-0.1, -0.05) is 24.6 Å². The summed E-state index contributed by atoms with van der Waals surface area (Å²) in [6.45, 7) is 2.45. The van der Waals surface area contributed by atoms with Crippen molar-refractivity contribution in [2.45, 2.75) is 45.4 Å². The van der Waals surface area contributed by atoms with E-state index >= 15 is 0 Å². The summed E-state index contributed by atoms with van der Waals surface area (Å²) in [6.07, 6.45) is 13.5. The molecule has 3 aliphatic carbocycles. The van der Waals surface area contributed by atoms with E-state index in [4.69, 9.17) is 0 Å². The molecule has 0 aliphatic heterocycles. The molecule has 0 N–H and O–H groups in total. The molecule has 0 radical (unpaired) electrons. The highest BCUT2D eigenvalue weighted by molar-refractivity contribution is 5.91. The molecular weight excluding hydrogens is 196 g/mol. The SMILES string of the molecule is C[C@@]12CC=CC[C@H]1[C@@H]1CCC(=O)C=C1CC2. The highest BCUT2D eigenvalue weighted by Crippen LogP contribution is 2.54. The summed E-state index contributed by atoms with van der Waals surface area (Å²) >= 11 is 0. The minimum Gasteiger partial charge on any atom is -0.295 e. The van der Waals surface area contributed by atoms with E-state index in [0.717, 1.165) is 25.2 Å². The van der Waals surface area contributed by atoms with E-state index in [1.165, 1.54) is 24.8 Å². The molecular formula is C15H20O. The van der Waals surface area contributed by atoms with Gasteiger partial charge in [0.25, 0.3) is 0 Å². The van der Waals surface area contributed by atoms with Gasteiger partial charge in [0.1, 0.15) is 0 Å². The van der Waals surface area contributed by atoms with Crippen molar-refractivity contribution in [3.63, 3.8) is 0 Å². The lowest BCUT2D eigenvalue weighted by Crippen LogP contribution is -2.40. The van der Waals surface area contributed by atoms with Crippen molar-refractivity contribution < 1.29 is 4.79 Å². The molecule has 1 heteroatoms. The van der Waals surface area contributed by atoms with Crippen molar-refractivity contribution in [1.29, 1.82) is 0 Å². The van der Waals surface area contributed by atoms with Crippen LogP contribution in [0, 0.1) is 17.3 Å². The number of carbonyl (C=O) groups is 1. The van der Waals surface area contributed by atoms with Crippen molar-refractivity contribution in [2.75, 3.05) is 0 Å². The standard InChI is InChI=1S/C15H20O/c1-15-8-3-2-4-14(15)13-6-5-12(16)10-11(13)7-9-15/h2-3,10,13-14H,4-9H2,1H3/t13-,14+,15+/m1/s1. The number of carbonyl (C=O) groups excluding carboxylic acids is 1. The Labute approximate surface area is 97.6 Å². The summed E-state index contributed by atoms with van der Waals surface area (Å²) in [4.78, 5) is 11.5. The van der Waals surface area contributed by atoms with Crippen molar-refractivity contribution in [3.05, 3.63) is 23.8 Å². The number of hydrogen-bond acceptors (Lipinski definition) is 1. The Morgan fingerprint density at radius 2 is 2.19 bits per heavy atom. The predicted octanol–water partition coefficient (Wildman–Crippen LogP) is 3.66. The van der Waals surface area contributed by atoms with E-state index in [0.29, 0.717) is 17.1 Å². The smallest absolute Gasteiger partial charge is 0.155 e. The first-order valence-corrected chi connectivity index (χ1v) is 6.57. The second kappa shape index (κ2) is 3.58. The second-order valence-corrected chi connectivity index (χ2v) is 6.00. The monoisotopic (exact) mass is 216 g/mol. The maximum atomic E-state index is 11.5. The summed E-state index contributed by atoms with van der Waals surface area (Å²) in [7, 11) is 0. The maximum Gasteiger partial charge on any atom is 0.155 e. The third kappa shape index (κ3) is 1.49. The molecule has 1 saturated carbocycles. The normalized spacial score (nSPS) is 42.3. The lowest BCUT2D eigenvalue weighted by Gasteiger charge is -2.49. The van der Waals surface area contributed by atoms with Gasteiger partial charge in [0.2, 0.25) is 0 Å². The molecule has 0 aromatic carbocycles. The molecule has 0 saturated heterocycles. The lowest BCUT2D eigenvalue weighted by molar-refractivity contribution is -0.115. The maximum absolute atomic E-state index is 11.5. The molecule has 0 bridgehead atoms. The molecule has 3 atom stereocenters. The molecule has 16 heavy (non-hydrogen) atoms. The average Bonchev–Trinajstić information content (AvgIpc) is 2.28. The fourth-order valence-electron chi connectivity index (χ4n) is 3.98. The minimum atomic E-state index is 0.362. The van der Waals surface area contributed by atoms with Crippen LogP contribution in [0.5, 0.6) is 0 Å². The van der Waals surface area contributed by atoms with Gasteiger partial charge in [0, 0.05) is 6.42 Å². The number of ketones is 1. The topological polar surface area (TPSA) is 17.1 Å². The first kappa shape index (κ1) is 10.3. The third-order valence-corrected chi connectivity index (χ3v) is 5.03. The first-order valence-electron chi connectivity index (χ1n) is 6.57. The fraction of sp³-hybridized carbons (Fsp3) is 0.667. The van der Waals surface area contributed by atoms with Gasteiger partial charge in [-0.25, -0.2) is 0 Å². The van der Waals surface area contributed by atoms with Gasteiger partial charge < -0.3 is 0 Å². The van der Waals surface area contributed by atoms with Gasteiger partial charge in [0.15, 0.2) is 5.78 Å². The summed E-state index contributed by atoms with van der Waals surface area (Å²) < 4.78 is 0. The first-order chi connectivity index (χ1) is 7.69. The summed E-state index contributed by atoms with van der Waals surface area (Å²) in [5, 5.41) is 0. The minimum absolute atomic E-state index is 0.362. The van der Waals surface area contributed by atoms with Crippen LogP contribution in [-0.2, 0) is 4.79 Å². The molecule has 1 nitrogen and oxygen atoms in total. The van der Waals surface area contributed by atoms with Crippen LogP contribution in [0.3, 0.4) is 0 Å². The fourth-order valence-corrected chi connectivity index (χ4v) is 3.98. The largest absolute Gasteiger partial charge is 0.295 e. The Morgan fingerprint density at radius 3 is 3.06 bits per heavy atom.